The van der Waals surface area contributed by atoms with E-state index >= 15 is 0 Å². The lowest BCUT2D eigenvalue weighted by Crippen LogP contribution is -2.05. The summed E-state index contributed by atoms with van der Waals surface area (Å²) in [6.45, 7) is 4.59. The van der Waals surface area contributed by atoms with Crippen LogP contribution in [0.4, 0.5) is 0 Å². The summed E-state index contributed by atoms with van der Waals surface area (Å²) in [4.78, 5) is 4.24. The Morgan fingerprint density at radius 2 is 2.18 bits per heavy atom. The van der Waals surface area contributed by atoms with Crippen molar-refractivity contribution in [3.05, 3.63) is 40.8 Å². The largest absolute Gasteiger partial charge is 0.326 e. The lowest BCUT2D eigenvalue weighted by molar-refractivity contribution is 0.756. The van der Waals surface area contributed by atoms with Crippen LogP contribution >= 0.6 is 11.6 Å². The molecule has 2 heterocycles. The second kappa shape index (κ2) is 4.85. The van der Waals surface area contributed by atoms with Crippen LogP contribution in [0.2, 0.25) is 5.02 Å². The van der Waals surface area contributed by atoms with Crippen LogP contribution in [-0.4, -0.2) is 14.8 Å². The van der Waals surface area contributed by atoms with E-state index in [1.807, 2.05) is 18.3 Å². The Labute approximate surface area is 105 Å². The summed E-state index contributed by atoms with van der Waals surface area (Å²) in [5.41, 5.74) is 7.50. The molecule has 0 saturated carbocycles. The van der Waals surface area contributed by atoms with Gasteiger partial charge in [-0.1, -0.05) is 25.4 Å². The molecule has 0 atom stereocenters. The molecule has 17 heavy (non-hydrogen) atoms. The van der Waals surface area contributed by atoms with Gasteiger partial charge < -0.3 is 5.73 Å². The molecule has 90 valence electrons. The molecule has 0 aliphatic rings. The van der Waals surface area contributed by atoms with Gasteiger partial charge in [0.1, 0.15) is 0 Å². The third-order valence-electron chi connectivity index (χ3n) is 2.59. The molecule has 2 rings (SSSR count). The number of rotatable bonds is 3. The fourth-order valence-corrected chi connectivity index (χ4v) is 1.83. The Balaban J connectivity index is 2.45. The van der Waals surface area contributed by atoms with Gasteiger partial charge in [0.2, 0.25) is 0 Å². The van der Waals surface area contributed by atoms with Gasteiger partial charge in [0.25, 0.3) is 0 Å². The van der Waals surface area contributed by atoms with Crippen LogP contribution in [0.5, 0.6) is 0 Å². The van der Waals surface area contributed by atoms with Gasteiger partial charge in [0.15, 0.2) is 5.82 Å². The normalized spacial score (nSPS) is 11.1. The number of aromatic nitrogens is 3. The smallest absolute Gasteiger partial charge is 0.172 e. The van der Waals surface area contributed by atoms with Gasteiger partial charge >= 0.3 is 0 Å². The van der Waals surface area contributed by atoms with E-state index in [1.165, 1.54) is 0 Å². The van der Waals surface area contributed by atoms with E-state index in [-0.39, 0.29) is 0 Å². The molecule has 0 aromatic carbocycles. The van der Waals surface area contributed by atoms with E-state index in [4.69, 9.17) is 17.3 Å². The summed E-state index contributed by atoms with van der Waals surface area (Å²) in [5.74, 6) is 1.01. The molecule has 2 aromatic heterocycles. The van der Waals surface area contributed by atoms with Gasteiger partial charge in [-0.3, -0.25) is 0 Å². The van der Waals surface area contributed by atoms with Gasteiger partial charge in [-0.25, -0.2) is 9.67 Å². The summed E-state index contributed by atoms with van der Waals surface area (Å²) >= 11 is 6.23. The van der Waals surface area contributed by atoms with Gasteiger partial charge in [0, 0.05) is 18.9 Å². The molecule has 2 N–H and O–H groups in total. The lowest BCUT2D eigenvalue weighted by Gasteiger charge is -2.07. The Hall–Kier alpha value is -1.39. The molecule has 0 radical (unpaired) electrons. The average Bonchev–Trinajstić information content (AvgIpc) is 2.78. The van der Waals surface area contributed by atoms with Crippen molar-refractivity contribution in [1.29, 1.82) is 0 Å². The van der Waals surface area contributed by atoms with Crippen molar-refractivity contribution >= 4 is 11.6 Å². The predicted octanol–water partition coefficient (Wildman–Crippen LogP) is 2.50. The van der Waals surface area contributed by atoms with E-state index in [0.717, 1.165) is 11.3 Å². The maximum absolute atomic E-state index is 6.23. The Bertz CT molecular complexity index is 519. The first kappa shape index (κ1) is 12.1. The lowest BCUT2D eigenvalue weighted by atomic mass is 10.1. The Kier molecular flexibility index (Phi) is 3.45. The molecule has 0 unspecified atom stereocenters. The van der Waals surface area contributed by atoms with Crippen molar-refractivity contribution in [1.82, 2.24) is 14.8 Å². The topological polar surface area (TPSA) is 56.7 Å². The van der Waals surface area contributed by atoms with Crippen LogP contribution in [0, 0.1) is 0 Å². The third-order valence-corrected chi connectivity index (χ3v) is 3.00. The Morgan fingerprint density at radius 3 is 2.76 bits per heavy atom. The van der Waals surface area contributed by atoms with Crippen LogP contribution < -0.4 is 5.73 Å². The molecular weight excluding hydrogens is 236 g/mol. The number of hydrogen-bond donors (Lipinski definition) is 1. The van der Waals surface area contributed by atoms with E-state index < -0.39 is 0 Å². The molecule has 0 saturated heterocycles. The molecular formula is C12H15ClN4. The quantitative estimate of drug-likeness (QED) is 0.911. The maximum Gasteiger partial charge on any atom is 0.172 e. The van der Waals surface area contributed by atoms with Crippen molar-refractivity contribution < 1.29 is 0 Å². The zero-order chi connectivity index (χ0) is 12.4. The van der Waals surface area contributed by atoms with Gasteiger partial charge in [-0.05, 0) is 23.6 Å². The number of halogens is 1. The first-order chi connectivity index (χ1) is 8.13. The summed E-state index contributed by atoms with van der Waals surface area (Å²) in [7, 11) is 0. The number of nitrogens with two attached hydrogens (primary N) is 1. The standard InChI is InChI=1S/C12H15ClN4/c1-8(2)10-4-6-17(16-10)12-11(13)9(7-14)3-5-15-12/h3-6,8H,7,14H2,1-2H3. The summed E-state index contributed by atoms with van der Waals surface area (Å²) in [6.07, 6.45) is 3.56. The van der Waals surface area contributed by atoms with Crippen molar-refractivity contribution in [3.63, 3.8) is 0 Å². The minimum atomic E-state index is 0.382. The molecule has 0 spiro atoms. The SMILES string of the molecule is CC(C)c1ccn(-c2nccc(CN)c2Cl)n1. The highest BCUT2D eigenvalue weighted by molar-refractivity contribution is 6.32. The van der Waals surface area contributed by atoms with Crippen LogP contribution in [0.15, 0.2) is 24.5 Å². The summed E-state index contributed by atoms with van der Waals surface area (Å²) in [6, 6.07) is 3.79. The molecule has 5 heteroatoms. The number of pyridine rings is 1. The van der Waals surface area contributed by atoms with Crippen LogP contribution in [0.1, 0.15) is 31.0 Å². The average molecular weight is 251 g/mol. The van der Waals surface area contributed by atoms with Gasteiger partial charge in [0.05, 0.1) is 10.7 Å². The molecule has 0 aliphatic carbocycles. The monoisotopic (exact) mass is 250 g/mol. The fraction of sp³-hybridized carbons (Fsp3) is 0.333. The van der Waals surface area contributed by atoms with Crippen molar-refractivity contribution in [2.75, 3.05) is 0 Å². The molecule has 0 bridgehead atoms. The minimum absolute atomic E-state index is 0.382. The zero-order valence-electron chi connectivity index (χ0n) is 9.89. The Morgan fingerprint density at radius 1 is 1.41 bits per heavy atom. The molecule has 0 aliphatic heterocycles. The first-order valence-corrected chi connectivity index (χ1v) is 5.90. The fourth-order valence-electron chi connectivity index (χ4n) is 1.55. The molecule has 0 fully saturated rings. The predicted molar refractivity (Wildman–Crippen MR) is 68.3 cm³/mol. The molecule has 2 aromatic rings. The van der Waals surface area contributed by atoms with Crippen molar-refractivity contribution in [2.24, 2.45) is 5.73 Å². The highest BCUT2D eigenvalue weighted by atomic mass is 35.5. The van der Waals surface area contributed by atoms with E-state index in [1.54, 1.807) is 10.9 Å². The molecule has 0 amide bonds. The maximum atomic E-state index is 6.23. The van der Waals surface area contributed by atoms with Crippen molar-refractivity contribution in [2.45, 2.75) is 26.3 Å². The van der Waals surface area contributed by atoms with Gasteiger partial charge in [-0.15, -0.1) is 0 Å². The van der Waals surface area contributed by atoms with Crippen LogP contribution in [0.3, 0.4) is 0 Å². The summed E-state index contributed by atoms with van der Waals surface area (Å²) < 4.78 is 1.69. The third kappa shape index (κ3) is 2.33. The molecule has 4 nitrogen and oxygen atoms in total. The summed E-state index contributed by atoms with van der Waals surface area (Å²) in [5, 5.41) is 5.01. The van der Waals surface area contributed by atoms with E-state index in [0.29, 0.717) is 23.3 Å². The minimum Gasteiger partial charge on any atom is -0.326 e. The van der Waals surface area contributed by atoms with Gasteiger partial charge in [-0.2, -0.15) is 5.10 Å². The van der Waals surface area contributed by atoms with Crippen molar-refractivity contribution in [3.8, 4) is 5.82 Å². The second-order valence-electron chi connectivity index (χ2n) is 4.15. The highest BCUT2D eigenvalue weighted by Gasteiger charge is 2.11. The zero-order valence-corrected chi connectivity index (χ0v) is 10.6. The van der Waals surface area contributed by atoms with Crippen LogP contribution in [-0.2, 0) is 6.54 Å². The van der Waals surface area contributed by atoms with E-state index in [2.05, 4.69) is 23.9 Å². The second-order valence-corrected chi connectivity index (χ2v) is 4.53. The number of hydrogen-bond acceptors (Lipinski definition) is 3. The van der Waals surface area contributed by atoms with E-state index in [9.17, 15) is 0 Å². The highest BCUT2D eigenvalue weighted by Crippen LogP contribution is 2.22. The first-order valence-electron chi connectivity index (χ1n) is 5.53. The number of nitrogens with zero attached hydrogens (tertiary/aromatic N) is 3. The van der Waals surface area contributed by atoms with Crippen LogP contribution in [0.25, 0.3) is 5.82 Å².